The number of hydrogen-bond acceptors (Lipinski definition) is 4. The summed E-state index contributed by atoms with van der Waals surface area (Å²) in [4.78, 5) is 17.3. The Bertz CT molecular complexity index is 905. The number of para-hydroxylation sites is 2. The molecular formula is C19H28Cl2N6O. The fourth-order valence-corrected chi connectivity index (χ4v) is 3.28. The van der Waals surface area contributed by atoms with Crippen molar-refractivity contribution in [2.75, 3.05) is 13.6 Å². The van der Waals surface area contributed by atoms with E-state index in [9.17, 15) is 4.79 Å². The number of nitrogens with zero attached hydrogens (tertiary/aromatic N) is 4. The third-order valence-electron chi connectivity index (χ3n) is 4.44. The van der Waals surface area contributed by atoms with Gasteiger partial charge >= 0.3 is 0 Å². The molecule has 7 nitrogen and oxygen atoms in total. The van der Waals surface area contributed by atoms with Crippen molar-refractivity contribution in [1.82, 2.24) is 30.0 Å². The molecule has 0 aliphatic rings. The molecule has 0 saturated heterocycles. The van der Waals surface area contributed by atoms with Crippen LogP contribution in [0.5, 0.6) is 0 Å². The second-order valence-corrected chi connectivity index (χ2v) is 6.69. The minimum absolute atomic E-state index is 0. The number of benzene rings is 1. The Morgan fingerprint density at radius 3 is 2.54 bits per heavy atom. The first-order valence-corrected chi connectivity index (χ1v) is 8.90. The van der Waals surface area contributed by atoms with Crippen molar-refractivity contribution in [3.05, 3.63) is 48.0 Å². The third-order valence-corrected chi connectivity index (χ3v) is 4.44. The molecule has 0 aliphatic heterocycles. The van der Waals surface area contributed by atoms with Crippen LogP contribution >= 0.6 is 24.8 Å². The molecule has 0 saturated carbocycles. The van der Waals surface area contributed by atoms with E-state index < -0.39 is 6.04 Å². The normalized spacial score (nSPS) is 11.8. The van der Waals surface area contributed by atoms with Gasteiger partial charge in [-0.05, 0) is 33.0 Å². The van der Waals surface area contributed by atoms with E-state index in [4.69, 9.17) is 4.98 Å². The van der Waals surface area contributed by atoms with Crippen molar-refractivity contribution in [2.45, 2.75) is 32.4 Å². The van der Waals surface area contributed by atoms with Crippen LogP contribution in [0.15, 0.2) is 36.7 Å². The number of imidazole rings is 1. The van der Waals surface area contributed by atoms with E-state index in [1.807, 2.05) is 31.4 Å². The molecule has 0 spiro atoms. The van der Waals surface area contributed by atoms with Crippen LogP contribution in [0, 0.1) is 0 Å². The zero-order chi connectivity index (χ0) is 18.7. The van der Waals surface area contributed by atoms with Gasteiger partial charge in [-0.3, -0.25) is 9.48 Å². The predicted octanol–water partition coefficient (Wildman–Crippen LogP) is 2.81. The maximum absolute atomic E-state index is 12.5. The lowest BCUT2D eigenvalue weighted by atomic mass is 10.1. The summed E-state index contributed by atoms with van der Waals surface area (Å²) in [6, 6.07) is 8.04. The monoisotopic (exact) mass is 426 g/mol. The molecule has 2 heterocycles. The Balaban J connectivity index is 0.00000196. The number of carbonyl (C=O) groups is 1. The first-order valence-electron chi connectivity index (χ1n) is 8.90. The van der Waals surface area contributed by atoms with Crippen molar-refractivity contribution in [3.8, 4) is 0 Å². The number of rotatable bonds is 7. The molecule has 3 rings (SSSR count). The summed E-state index contributed by atoms with van der Waals surface area (Å²) < 4.78 is 3.93. The molecular weight excluding hydrogens is 399 g/mol. The quantitative estimate of drug-likeness (QED) is 0.608. The molecule has 0 radical (unpaired) electrons. The number of halogens is 2. The third kappa shape index (κ3) is 5.04. The van der Waals surface area contributed by atoms with Crippen molar-refractivity contribution in [2.24, 2.45) is 7.05 Å². The minimum atomic E-state index is -0.410. The molecule has 0 fully saturated rings. The van der Waals surface area contributed by atoms with Crippen LogP contribution in [0.25, 0.3) is 11.0 Å². The van der Waals surface area contributed by atoms with E-state index in [1.165, 1.54) is 0 Å². The molecule has 1 unspecified atom stereocenters. The Morgan fingerprint density at radius 1 is 1.21 bits per heavy atom. The van der Waals surface area contributed by atoms with Crippen LogP contribution in [-0.4, -0.2) is 38.8 Å². The summed E-state index contributed by atoms with van der Waals surface area (Å²) in [5.41, 5.74) is 2.97. The van der Waals surface area contributed by atoms with E-state index >= 15 is 0 Å². The van der Waals surface area contributed by atoms with Gasteiger partial charge in [0, 0.05) is 37.8 Å². The molecule has 9 heteroatoms. The van der Waals surface area contributed by atoms with Crippen molar-refractivity contribution in [1.29, 1.82) is 0 Å². The lowest BCUT2D eigenvalue weighted by Gasteiger charge is -2.16. The van der Waals surface area contributed by atoms with Crippen LogP contribution in [0.4, 0.5) is 0 Å². The van der Waals surface area contributed by atoms with Gasteiger partial charge in [-0.15, -0.1) is 24.8 Å². The number of aryl methyl sites for hydroxylation is 1. The van der Waals surface area contributed by atoms with Gasteiger partial charge in [-0.1, -0.05) is 12.1 Å². The Labute approximate surface area is 177 Å². The smallest absolute Gasteiger partial charge is 0.241 e. The number of nitrogens with one attached hydrogen (secondary N) is 2. The van der Waals surface area contributed by atoms with Crippen molar-refractivity contribution >= 4 is 41.8 Å². The zero-order valence-electron chi connectivity index (χ0n) is 16.5. The van der Waals surface area contributed by atoms with Gasteiger partial charge in [0.1, 0.15) is 11.9 Å². The number of hydrogen-bond donors (Lipinski definition) is 2. The molecule has 1 aromatic carbocycles. The van der Waals surface area contributed by atoms with Gasteiger partial charge < -0.3 is 15.2 Å². The molecule has 154 valence electrons. The maximum atomic E-state index is 12.5. The fraction of sp³-hybridized carbons (Fsp3) is 0.421. The standard InChI is InChI=1S/C19H26N6O.2ClH/c1-13(2)25-16-8-6-5-7-15(16)23-17(25)9-10-21-19(26)18(20-3)14-11-22-24(4)12-14;;/h5-8,11-13,18,20H,9-10H2,1-4H3,(H,21,26);2*1H. The van der Waals surface area contributed by atoms with Gasteiger partial charge in [-0.25, -0.2) is 4.98 Å². The highest BCUT2D eigenvalue weighted by Gasteiger charge is 2.20. The van der Waals surface area contributed by atoms with E-state index in [0.717, 1.165) is 22.4 Å². The number of carbonyl (C=O) groups excluding carboxylic acids is 1. The summed E-state index contributed by atoms with van der Waals surface area (Å²) >= 11 is 0. The summed E-state index contributed by atoms with van der Waals surface area (Å²) in [6.45, 7) is 4.83. The highest BCUT2D eigenvalue weighted by atomic mass is 35.5. The molecule has 28 heavy (non-hydrogen) atoms. The van der Waals surface area contributed by atoms with Gasteiger partial charge in [0.2, 0.25) is 5.91 Å². The topological polar surface area (TPSA) is 76.8 Å². The second kappa shape index (κ2) is 10.5. The molecule has 3 aromatic rings. The maximum Gasteiger partial charge on any atom is 0.241 e. The molecule has 1 amide bonds. The predicted molar refractivity (Wildman–Crippen MR) is 116 cm³/mol. The minimum Gasteiger partial charge on any atom is -0.354 e. The van der Waals surface area contributed by atoms with Gasteiger partial charge in [-0.2, -0.15) is 5.10 Å². The molecule has 2 aromatic heterocycles. The summed E-state index contributed by atoms with van der Waals surface area (Å²) in [5.74, 6) is 0.927. The average Bonchev–Trinajstić information content (AvgIpc) is 3.19. The summed E-state index contributed by atoms with van der Waals surface area (Å²) in [5, 5.41) is 10.2. The molecule has 0 aliphatic carbocycles. The van der Waals surface area contributed by atoms with Crippen LogP contribution in [0.3, 0.4) is 0 Å². The first kappa shape index (κ1) is 23.9. The molecule has 0 bridgehead atoms. The van der Waals surface area contributed by atoms with Gasteiger partial charge in [0.05, 0.1) is 17.2 Å². The molecule has 2 N–H and O–H groups in total. The van der Waals surface area contributed by atoms with Crippen molar-refractivity contribution in [3.63, 3.8) is 0 Å². The fourth-order valence-electron chi connectivity index (χ4n) is 3.28. The van der Waals surface area contributed by atoms with E-state index in [1.54, 1.807) is 17.9 Å². The SMILES string of the molecule is CNC(C(=O)NCCc1nc2ccccc2n1C(C)C)c1cnn(C)c1.Cl.Cl. The first-order chi connectivity index (χ1) is 12.5. The van der Waals surface area contributed by atoms with E-state index in [-0.39, 0.29) is 30.7 Å². The number of likely N-dealkylation sites (N-methyl/N-ethyl adjacent to an activating group) is 1. The Morgan fingerprint density at radius 2 is 1.93 bits per heavy atom. The van der Waals surface area contributed by atoms with Gasteiger partial charge in [0.15, 0.2) is 0 Å². The van der Waals surface area contributed by atoms with Crippen LogP contribution < -0.4 is 10.6 Å². The lowest BCUT2D eigenvalue weighted by molar-refractivity contribution is -0.123. The zero-order valence-corrected chi connectivity index (χ0v) is 18.2. The van der Waals surface area contributed by atoms with Crippen LogP contribution in [0.2, 0.25) is 0 Å². The number of fused-ring (bicyclic) bond motifs is 1. The average molecular weight is 427 g/mol. The van der Waals surface area contributed by atoms with Gasteiger partial charge in [0.25, 0.3) is 0 Å². The van der Waals surface area contributed by atoms with Crippen molar-refractivity contribution < 1.29 is 4.79 Å². The highest BCUT2D eigenvalue weighted by Crippen LogP contribution is 2.21. The van der Waals surface area contributed by atoms with Crippen LogP contribution in [0.1, 0.15) is 37.3 Å². The summed E-state index contributed by atoms with van der Waals surface area (Å²) in [6.07, 6.45) is 4.24. The number of aromatic nitrogens is 4. The van der Waals surface area contributed by atoms with Crippen LogP contribution in [-0.2, 0) is 18.3 Å². The lowest BCUT2D eigenvalue weighted by Crippen LogP contribution is -2.37. The Hall–Kier alpha value is -2.09. The van der Waals surface area contributed by atoms with E-state index in [2.05, 4.69) is 40.2 Å². The van der Waals surface area contributed by atoms with E-state index in [0.29, 0.717) is 19.0 Å². The highest BCUT2D eigenvalue weighted by molar-refractivity contribution is 5.85. The largest absolute Gasteiger partial charge is 0.354 e. The summed E-state index contributed by atoms with van der Waals surface area (Å²) in [7, 11) is 3.61. The molecule has 1 atom stereocenters. The second-order valence-electron chi connectivity index (χ2n) is 6.69. The number of amides is 1. The Kier molecular flexibility index (Phi) is 8.94.